The molecule has 5 nitrogen and oxygen atoms in total. The van der Waals surface area contributed by atoms with Gasteiger partial charge in [-0.25, -0.2) is 9.36 Å². The number of rotatable bonds is 3. The molecule has 4 aromatic rings. The van der Waals surface area contributed by atoms with Crippen molar-refractivity contribution in [2.24, 2.45) is 0 Å². The first-order valence-electron chi connectivity index (χ1n) is 7.66. The third-order valence-electron chi connectivity index (χ3n) is 3.72. The van der Waals surface area contributed by atoms with Crippen LogP contribution in [0.5, 0.6) is 0 Å². The molecule has 25 heavy (non-hydrogen) atoms. The fourth-order valence-electron chi connectivity index (χ4n) is 2.54. The second kappa shape index (κ2) is 6.33. The predicted octanol–water partition coefficient (Wildman–Crippen LogP) is 4.22. The number of oxazole rings is 1. The number of hydrogen-bond donors (Lipinski definition) is 1. The summed E-state index contributed by atoms with van der Waals surface area (Å²) >= 11 is 5.00. The van der Waals surface area contributed by atoms with Gasteiger partial charge in [0.05, 0.1) is 0 Å². The van der Waals surface area contributed by atoms with Gasteiger partial charge in [0, 0.05) is 17.3 Å². The maximum absolute atomic E-state index is 12.3. The summed E-state index contributed by atoms with van der Waals surface area (Å²) in [6.45, 7) is 0. The molecule has 122 valence electrons. The molecule has 0 spiro atoms. The van der Waals surface area contributed by atoms with Gasteiger partial charge in [-0.05, 0) is 18.2 Å². The maximum Gasteiger partial charge on any atom is 0.332 e. The summed E-state index contributed by atoms with van der Waals surface area (Å²) in [6, 6.07) is 20.8. The summed E-state index contributed by atoms with van der Waals surface area (Å²) in [5.74, 6) is 1.39. The van der Waals surface area contributed by atoms with Crippen molar-refractivity contribution in [2.45, 2.75) is 0 Å². The SMILES string of the molecule is O=c1[nH]c(=S)ccn1-c1nc(-c2ccccc2)oc1-c1ccccc1. The lowest BCUT2D eigenvalue weighted by atomic mass is 10.2. The van der Waals surface area contributed by atoms with Gasteiger partial charge in [-0.15, -0.1) is 0 Å². The van der Waals surface area contributed by atoms with Gasteiger partial charge in [0.25, 0.3) is 0 Å². The number of aromatic amines is 1. The average molecular weight is 347 g/mol. The fourth-order valence-corrected chi connectivity index (χ4v) is 2.69. The summed E-state index contributed by atoms with van der Waals surface area (Å²) in [4.78, 5) is 19.5. The van der Waals surface area contributed by atoms with Crippen LogP contribution >= 0.6 is 12.2 Å². The van der Waals surface area contributed by atoms with Crippen LogP contribution in [0.3, 0.4) is 0 Å². The standard InChI is InChI=1S/C19H13N3O2S/c23-19-20-15(25)11-12-22(19)17-16(13-7-3-1-4-8-13)24-18(21-17)14-9-5-2-6-10-14/h1-12H,(H,20,23,25). The molecule has 0 radical (unpaired) electrons. The zero-order chi connectivity index (χ0) is 17.2. The maximum atomic E-state index is 12.3. The number of benzene rings is 2. The second-order valence-corrected chi connectivity index (χ2v) is 5.82. The molecule has 1 N–H and O–H groups in total. The van der Waals surface area contributed by atoms with Crippen LogP contribution in [0.15, 0.2) is 82.1 Å². The molecule has 0 unspecified atom stereocenters. The van der Waals surface area contributed by atoms with Crippen LogP contribution in [0.1, 0.15) is 0 Å². The van der Waals surface area contributed by atoms with Crippen LogP contribution in [-0.2, 0) is 0 Å². The van der Waals surface area contributed by atoms with Gasteiger partial charge < -0.3 is 4.42 Å². The molecule has 0 atom stereocenters. The van der Waals surface area contributed by atoms with E-state index in [0.717, 1.165) is 11.1 Å². The minimum atomic E-state index is -0.363. The number of aromatic nitrogens is 3. The lowest BCUT2D eigenvalue weighted by molar-refractivity contribution is 0.588. The van der Waals surface area contributed by atoms with Crippen molar-refractivity contribution in [3.05, 3.63) is 88.1 Å². The minimum Gasteiger partial charge on any atom is -0.434 e. The van der Waals surface area contributed by atoms with Gasteiger partial charge in [-0.2, -0.15) is 4.98 Å². The van der Waals surface area contributed by atoms with Crippen LogP contribution < -0.4 is 5.69 Å². The summed E-state index contributed by atoms with van der Waals surface area (Å²) in [6.07, 6.45) is 1.60. The first-order valence-corrected chi connectivity index (χ1v) is 8.07. The first-order chi connectivity index (χ1) is 12.2. The van der Waals surface area contributed by atoms with Gasteiger partial charge in [-0.1, -0.05) is 60.7 Å². The van der Waals surface area contributed by atoms with E-state index in [1.807, 2.05) is 60.7 Å². The van der Waals surface area contributed by atoms with E-state index in [-0.39, 0.29) is 5.69 Å². The molecule has 4 rings (SSSR count). The highest BCUT2D eigenvalue weighted by Crippen LogP contribution is 2.31. The number of nitrogens with one attached hydrogen (secondary N) is 1. The van der Waals surface area contributed by atoms with Gasteiger partial charge in [0.2, 0.25) is 5.89 Å². The highest BCUT2D eigenvalue weighted by Gasteiger charge is 2.18. The fraction of sp³-hybridized carbons (Fsp3) is 0. The number of nitrogens with zero attached hydrogens (tertiary/aromatic N) is 2. The van der Waals surface area contributed by atoms with E-state index >= 15 is 0 Å². The van der Waals surface area contributed by atoms with E-state index in [4.69, 9.17) is 16.6 Å². The Kier molecular flexibility index (Phi) is 3.87. The molecule has 0 bridgehead atoms. The first kappa shape index (κ1) is 15.3. The molecule has 2 heterocycles. The van der Waals surface area contributed by atoms with E-state index in [1.54, 1.807) is 12.3 Å². The summed E-state index contributed by atoms with van der Waals surface area (Å²) in [5, 5.41) is 0. The van der Waals surface area contributed by atoms with Crippen molar-refractivity contribution >= 4 is 12.2 Å². The minimum absolute atomic E-state index is 0.363. The molecule has 0 fully saturated rings. The molecular formula is C19H13N3O2S. The van der Waals surface area contributed by atoms with Crippen LogP contribution in [0.4, 0.5) is 0 Å². The van der Waals surface area contributed by atoms with Gasteiger partial charge >= 0.3 is 5.69 Å². The Balaban J connectivity index is 1.97. The molecular weight excluding hydrogens is 334 g/mol. The number of hydrogen-bond acceptors (Lipinski definition) is 4. The van der Waals surface area contributed by atoms with Crippen molar-refractivity contribution in [2.75, 3.05) is 0 Å². The highest BCUT2D eigenvalue weighted by molar-refractivity contribution is 7.71. The van der Waals surface area contributed by atoms with Gasteiger partial charge in [0.15, 0.2) is 11.6 Å². The Morgan fingerprint density at radius 2 is 1.56 bits per heavy atom. The molecule has 0 amide bonds. The molecule has 0 saturated heterocycles. The largest absolute Gasteiger partial charge is 0.434 e. The van der Waals surface area contributed by atoms with Gasteiger partial charge in [0.1, 0.15) is 4.64 Å². The van der Waals surface area contributed by atoms with Crippen molar-refractivity contribution in [1.29, 1.82) is 0 Å². The van der Waals surface area contributed by atoms with E-state index in [9.17, 15) is 4.79 Å². The Morgan fingerprint density at radius 3 is 2.20 bits per heavy atom. The van der Waals surface area contributed by atoms with Crippen LogP contribution in [0, 0.1) is 4.64 Å². The molecule has 2 aromatic heterocycles. The lowest BCUT2D eigenvalue weighted by Gasteiger charge is -2.03. The van der Waals surface area contributed by atoms with Crippen LogP contribution in [0.2, 0.25) is 0 Å². The summed E-state index contributed by atoms with van der Waals surface area (Å²) in [5.41, 5.74) is 1.31. The molecule has 0 aliphatic heterocycles. The van der Waals surface area contributed by atoms with Crippen molar-refractivity contribution in [1.82, 2.24) is 14.5 Å². The zero-order valence-electron chi connectivity index (χ0n) is 13.0. The third kappa shape index (κ3) is 2.95. The summed E-state index contributed by atoms with van der Waals surface area (Å²) < 4.78 is 7.78. The van der Waals surface area contributed by atoms with E-state index in [0.29, 0.717) is 22.1 Å². The monoisotopic (exact) mass is 347 g/mol. The van der Waals surface area contributed by atoms with Gasteiger partial charge in [-0.3, -0.25) is 4.98 Å². The second-order valence-electron chi connectivity index (χ2n) is 5.38. The summed E-state index contributed by atoms with van der Waals surface area (Å²) in [7, 11) is 0. The van der Waals surface area contributed by atoms with E-state index < -0.39 is 0 Å². The molecule has 0 aliphatic rings. The Bertz CT molecular complexity index is 1130. The predicted molar refractivity (Wildman–Crippen MR) is 98.2 cm³/mol. The topological polar surface area (TPSA) is 63.8 Å². The van der Waals surface area contributed by atoms with Crippen LogP contribution in [-0.4, -0.2) is 14.5 Å². The third-order valence-corrected chi connectivity index (χ3v) is 3.96. The quantitative estimate of drug-likeness (QED) is 0.564. The normalized spacial score (nSPS) is 10.7. The molecule has 0 aliphatic carbocycles. The molecule has 6 heteroatoms. The van der Waals surface area contributed by atoms with Crippen LogP contribution in [0.25, 0.3) is 28.6 Å². The van der Waals surface area contributed by atoms with Crippen molar-refractivity contribution in [3.63, 3.8) is 0 Å². The van der Waals surface area contributed by atoms with Crippen molar-refractivity contribution < 1.29 is 4.42 Å². The smallest absolute Gasteiger partial charge is 0.332 e. The highest BCUT2D eigenvalue weighted by atomic mass is 32.1. The van der Waals surface area contributed by atoms with E-state index in [1.165, 1.54) is 4.57 Å². The average Bonchev–Trinajstić information content (AvgIpc) is 3.08. The zero-order valence-corrected chi connectivity index (χ0v) is 13.9. The van der Waals surface area contributed by atoms with E-state index in [2.05, 4.69) is 9.97 Å². The Labute approximate surface area is 148 Å². The molecule has 0 saturated carbocycles. The van der Waals surface area contributed by atoms with Crippen molar-refractivity contribution in [3.8, 4) is 28.6 Å². The lowest BCUT2D eigenvalue weighted by Crippen LogP contribution is -2.21. The Hall–Kier alpha value is -3.25. The number of H-pyrrole nitrogens is 1. The molecule has 2 aromatic carbocycles. The Morgan fingerprint density at radius 1 is 0.920 bits per heavy atom.